The van der Waals surface area contributed by atoms with Crippen LogP contribution in [-0.4, -0.2) is 7.11 Å². The molecule has 0 aliphatic rings. The van der Waals surface area contributed by atoms with E-state index in [-0.39, 0.29) is 0 Å². The maximum atomic E-state index is 6.39. The topological polar surface area (TPSA) is 13.1 Å². The molecule has 0 saturated heterocycles. The minimum atomic E-state index is 0.743. The summed E-state index contributed by atoms with van der Waals surface area (Å²) < 4.78 is 7.73. The second-order valence-corrected chi connectivity index (χ2v) is 7.18. The fourth-order valence-electron chi connectivity index (χ4n) is 3.89. The van der Waals surface area contributed by atoms with E-state index in [0.717, 1.165) is 21.7 Å². The number of hydrogen-bond acceptors (Lipinski definition) is 1. The van der Waals surface area contributed by atoms with Crippen LogP contribution in [0.2, 0.25) is 5.02 Å². The number of hydrogen-bond donors (Lipinski definition) is 0. The molecule has 4 rings (SSSR count). The van der Waals surface area contributed by atoms with Crippen LogP contribution in [0.3, 0.4) is 0 Å². The molecular weight excluding hydrogens is 342 g/mol. The highest BCUT2D eigenvalue weighted by Crippen LogP contribution is 2.39. The summed E-state index contributed by atoms with van der Waals surface area (Å²) in [6.07, 6.45) is 0. The zero-order chi connectivity index (χ0) is 18.4. The third-order valence-corrected chi connectivity index (χ3v) is 5.39. The molecule has 0 aliphatic heterocycles. The SMILES string of the molecule is COc1ccc2c(c1)c(-c1c(C)cccc1C)c1cc(Cl)ccc1[n+]2C. The van der Waals surface area contributed by atoms with Crippen molar-refractivity contribution < 1.29 is 9.30 Å². The first-order valence-corrected chi connectivity index (χ1v) is 9.04. The van der Waals surface area contributed by atoms with E-state index < -0.39 is 0 Å². The van der Waals surface area contributed by atoms with Gasteiger partial charge in [-0.05, 0) is 54.8 Å². The van der Waals surface area contributed by atoms with Crippen LogP contribution >= 0.6 is 11.6 Å². The van der Waals surface area contributed by atoms with E-state index >= 15 is 0 Å². The van der Waals surface area contributed by atoms with Gasteiger partial charge in [-0.1, -0.05) is 29.8 Å². The molecule has 1 heterocycles. The molecule has 26 heavy (non-hydrogen) atoms. The Morgan fingerprint density at radius 2 is 1.42 bits per heavy atom. The normalized spacial score (nSPS) is 11.3. The predicted octanol–water partition coefficient (Wildman–Crippen LogP) is 5.76. The Labute approximate surface area is 158 Å². The van der Waals surface area contributed by atoms with Crippen LogP contribution in [-0.2, 0) is 7.05 Å². The Morgan fingerprint density at radius 1 is 0.808 bits per heavy atom. The second-order valence-electron chi connectivity index (χ2n) is 6.75. The molecule has 0 unspecified atom stereocenters. The fraction of sp³-hybridized carbons (Fsp3) is 0.174. The maximum Gasteiger partial charge on any atom is 0.213 e. The summed E-state index contributed by atoms with van der Waals surface area (Å²) in [4.78, 5) is 0. The molecule has 0 saturated carbocycles. The third-order valence-electron chi connectivity index (χ3n) is 5.15. The largest absolute Gasteiger partial charge is 0.497 e. The number of ether oxygens (including phenoxy) is 1. The standard InChI is InChI=1S/C23H21ClNO/c1-14-6-5-7-15(2)22(14)23-18-12-16(24)8-10-20(18)25(3)21-11-9-17(26-4)13-19(21)23/h5-13H,1-4H3/q+1. The Bertz CT molecular complexity index is 1140. The number of fused-ring (bicyclic) bond motifs is 2. The van der Waals surface area contributed by atoms with Crippen molar-refractivity contribution in [1.29, 1.82) is 0 Å². The minimum absolute atomic E-state index is 0.743. The van der Waals surface area contributed by atoms with Gasteiger partial charge in [0, 0.05) is 22.7 Å². The molecular formula is C23H21ClNO+. The minimum Gasteiger partial charge on any atom is -0.497 e. The summed E-state index contributed by atoms with van der Waals surface area (Å²) in [6.45, 7) is 4.33. The Hall–Kier alpha value is -2.58. The molecule has 2 nitrogen and oxygen atoms in total. The van der Waals surface area contributed by atoms with Crippen LogP contribution in [0.5, 0.6) is 5.75 Å². The molecule has 130 valence electrons. The molecule has 0 amide bonds. The van der Waals surface area contributed by atoms with Crippen molar-refractivity contribution in [3.63, 3.8) is 0 Å². The first kappa shape index (κ1) is 16.9. The molecule has 0 bridgehead atoms. The lowest BCUT2D eigenvalue weighted by Gasteiger charge is -2.16. The van der Waals surface area contributed by atoms with Crippen molar-refractivity contribution in [1.82, 2.24) is 0 Å². The lowest BCUT2D eigenvalue weighted by molar-refractivity contribution is -0.617. The Kier molecular flexibility index (Phi) is 4.08. The average Bonchev–Trinajstić information content (AvgIpc) is 2.63. The van der Waals surface area contributed by atoms with Crippen molar-refractivity contribution >= 4 is 33.4 Å². The summed E-state index contributed by atoms with van der Waals surface area (Å²) in [5, 5.41) is 3.06. The maximum absolute atomic E-state index is 6.39. The van der Waals surface area contributed by atoms with E-state index in [0.29, 0.717) is 0 Å². The number of aryl methyl sites for hydroxylation is 3. The van der Waals surface area contributed by atoms with Crippen LogP contribution < -0.4 is 9.30 Å². The fourth-order valence-corrected chi connectivity index (χ4v) is 4.06. The first-order valence-electron chi connectivity index (χ1n) is 8.67. The van der Waals surface area contributed by atoms with Gasteiger partial charge in [0.1, 0.15) is 12.8 Å². The number of rotatable bonds is 2. The summed E-state index contributed by atoms with van der Waals surface area (Å²) >= 11 is 6.39. The van der Waals surface area contributed by atoms with Gasteiger partial charge in [0.2, 0.25) is 11.0 Å². The van der Waals surface area contributed by atoms with Crippen LogP contribution in [0.25, 0.3) is 32.9 Å². The quantitative estimate of drug-likeness (QED) is 0.326. The Morgan fingerprint density at radius 3 is 2.08 bits per heavy atom. The van der Waals surface area contributed by atoms with Crippen molar-refractivity contribution in [2.45, 2.75) is 13.8 Å². The smallest absolute Gasteiger partial charge is 0.213 e. The van der Waals surface area contributed by atoms with Crippen molar-refractivity contribution in [2.24, 2.45) is 7.05 Å². The summed E-state index contributed by atoms with van der Waals surface area (Å²) in [5.41, 5.74) is 7.31. The molecule has 4 aromatic rings. The average molecular weight is 363 g/mol. The summed E-state index contributed by atoms with van der Waals surface area (Å²) in [6, 6.07) is 18.8. The Balaban J connectivity index is 2.31. The van der Waals surface area contributed by atoms with Gasteiger partial charge in [-0.2, -0.15) is 4.57 Å². The van der Waals surface area contributed by atoms with E-state index in [1.807, 2.05) is 12.1 Å². The van der Waals surface area contributed by atoms with E-state index in [4.69, 9.17) is 16.3 Å². The highest BCUT2D eigenvalue weighted by atomic mass is 35.5. The summed E-state index contributed by atoms with van der Waals surface area (Å²) in [7, 11) is 3.80. The van der Waals surface area contributed by atoms with Crippen molar-refractivity contribution in [2.75, 3.05) is 7.11 Å². The number of benzene rings is 3. The van der Waals surface area contributed by atoms with E-state index in [1.165, 1.54) is 33.2 Å². The van der Waals surface area contributed by atoms with Gasteiger partial charge in [-0.3, -0.25) is 0 Å². The van der Waals surface area contributed by atoms with Gasteiger partial charge < -0.3 is 4.74 Å². The molecule has 0 spiro atoms. The van der Waals surface area contributed by atoms with Gasteiger partial charge in [-0.25, -0.2) is 0 Å². The lowest BCUT2D eigenvalue weighted by Crippen LogP contribution is -2.30. The molecule has 3 aromatic carbocycles. The van der Waals surface area contributed by atoms with Gasteiger partial charge in [0.25, 0.3) is 0 Å². The van der Waals surface area contributed by atoms with Crippen molar-refractivity contribution in [3.8, 4) is 16.9 Å². The highest BCUT2D eigenvalue weighted by molar-refractivity contribution is 6.31. The molecule has 0 fully saturated rings. The first-order chi connectivity index (χ1) is 12.5. The van der Waals surface area contributed by atoms with Crippen molar-refractivity contribution in [3.05, 3.63) is 70.7 Å². The molecule has 0 aliphatic carbocycles. The van der Waals surface area contributed by atoms with Gasteiger partial charge in [0.05, 0.1) is 17.9 Å². The highest BCUT2D eigenvalue weighted by Gasteiger charge is 2.22. The van der Waals surface area contributed by atoms with Gasteiger partial charge in [-0.15, -0.1) is 0 Å². The van der Waals surface area contributed by atoms with Gasteiger partial charge in [0.15, 0.2) is 0 Å². The third kappa shape index (κ3) is 2.53. The molecule has 0 N–H and O–H groups in total. The monoisotopic (exact) mass is 362 g/mol. The van der Waals surface area contributed by atoms with Crippen LogP contribution in [0.1, 0.15) is 11.1 Å². The summed E-state index contributed by atoms with van der Waals surface area (Å²) in [5.74, 6) is 0.853. The molecule has 0 atom stereocenters. The van der Waals surface area contributed by atoms with Crippen LogP contribution in [0.4, 0.5) is 0 Å². The van der Waals surface area contributed by atoms with E-state index in [1.54, 1.807) is 7.11 Å². The second kappa shape index (κ2) is 6.30. The zero-order valence-electron chi connectivity index (χ0n) is 15.4. The van der Waals surface area contributed by atoms with Crippen LogP contribution in [0.15, 0.2) is 54.6 Å². The van der Waals surface area contributed by atoms with E-state index in [9.17, 15) is 0 Å². The van der Waals surface area contributed by atoms with E-state index in [2.05, 4.69) is 67.9 Å². The van der Waals surface area contributed by atoms with Gasteiger partial charge >= 0.3 is 0 Å². The number of aromatic nitrogens is 1. The predicted molar refractivity (Wildman–Crippen MR) is 109 cm³/mol. The zero-order valence-corrected chi connectivity index (χ0v) is 16.2. The molecule has 0 radical (unpaired) electrons. The number of halogens is 1. The lowest BCUT2D eigenvalue weighted by atomic mass is 9.90. The number of nitrogens with zero attached hydrogens (tertiary/aromatic N) is 1. The molecule has 1 aromatic heterocycles. The molecule has 3 heteroatoms. The number of pyridine rings is 1. The van der Waals surface area contributed by atoms with Crippen LogP contribution in [0, 0.1) is 13.8 Å². The number of methoxy groups -OCH3 is 1.